The lowest BCUT2D eigenvalue weighted by atomic mass is 10.2. The fraction of sp³-hybridized carbons (Fsp3) is 0.409. The van der Waals surface area contributed by atoms with Crippen molar-refractivity contribution in [1.82, 2.24) is 19.7 Å². The molecule has 9 heteroatoms. The van der Waals surface area contributed by atoms with Crippen molar-refractivity contribution in [1.29, 1.82) is 0 Å². The summed E-state index contributed by atoms with van der Waals surface area (Å²) < 4.78 is 10.7. The highest BCUT2D eigenvalue weighted by Gasteiger charge is 2.33. The largest absolute Gasteiger partial charge is 0.454 e. The van der Waals surface area contributed by atoms with Gasteiger partial charge in [-0.25, -0.2) is 4.79 Å². The van der Waals surface area contributed by atoms with Crippen LogP contribution in [0.4, 0.5) is 10.5 Å². The van der Waals surface area contributed by atoms with Crippen molar-refractivity contribution < 1.29 is 19.1 Å². The zero-order valence-corrected chi connectivity index (χ0v) is 17.3. The molecule has 31 heavy (non-hydrogen) atoms. The van der Waals surface area contributed by atoms with Crippen molar-refractivity contribution in [2.45, 2.75) is 6.54 Å². The maximum absolute atomic E-state index is 12.9. The Morgan fingerprint density at radius 1 is 1.00 bits per heavy atom. The number of anilines is 1. The van der Waals surface area contributed by atoms with E-state index < -0.39 is 0 Å². The van der Waals surface area contributed by atoms with Gasteiger partial charge in [-0.15, -0.1) is 0 Å². The third-order valence-electron chi connectivity index (χ3n) is 5.94. The molecule has 0 spiro atoms. The highest BCUT2D eigenvalue weighted by molar-refractivity contribution is 5.96. The van der Waals surface area contributed by atoms with Crippen LogP contribution >= 0.6 is 0 Å². The van der Waals surface area contributed by atoms with Gasteiger partial charge in [0.25, 0.3) is 0 Å². The first-order valence-electron chi connectivity index (χ1n) is 10.5. The van der Waals surface area contributed by atoms with Gasteiger partial charge >= 0.3 is 6.03 Å². The van der Waals surface area contributed by atoms with Crippen LogP contribution in [0.25, 0.3) is 0 Å². The predicted octanol–water partition coefficient (Wildman–Crippen LogP) is 1.40. The Morgan fingerprint density at radius 3 is 2.65 bits per heavy atom. The molecule has 1 aromatic heterocycles. The lowest BCUT2D eigenvalue weighted by Crippen LogP contribution is -2.51. The van der Waals surface area contributed by atoms with Gasteiger partial charge in [-0.2, -0.15) is 0 Å². The zero-order valence-electron chi connectivity index (χ0n) is 17.3. The molecule has 2 fully saturated rings. The number of urea groups is 1. The molecule has 0 bridgehead atoms. The summed E-state index contributed by atoms with van der Waals surface area (Å²) in [6.45, 7) is 5.21. The van der Waals surface area contributed by atoms with Crippen LogP contribution in [0.15, 0.2) is 42.7 Å². The molecule has 0 saturated carbocycles. The highest BCUT2D eigenvalue weighted by atomic mass is 16.7. The van der Waals surface area contributed by atoms with Gasteiger partial charge in [0, 0.05) is 70.0 Å². The summed E-state index contributed by atoms with van der Waals surface area (Å²) in [6, 6.07) is 9.32. The van der Waals surface area contributed by atoms with E-state index in [0.29, 0.717) is 37.7 Å². The Bertz CT molecular complexity index is 962. The van der Waals surface area contributed by atoms with E-state index in [1.165, 1.54) is 5.56 Å². The second-order valence-electron chi connectivity index (χ2n) is 7.91. The molecule has 0 aliphatic carbocycles. The molecular weight excluding hydrogens is 398 g/mol. The number of carbonyl (C=O) groups excluding carboxylic acids is 2. The standard InChI is InChI=1S/C22H25N5O4/c28-21(25-8-6-24(7-9-25)14-17-2-1-5-23-13-17)15-26-10-11-27(22(26)29)18-3-4-19-20(12-18)31-16-30-19/h1-5,12-13H,6-11,14-16H2. The van der Waals surface area contributed by atoms with Crippen molar-refractivity contribution in [2.24, 2.45) is 0 Å². The van der Waals surface area contributed by atoms with Crippen LogP contribution in [0.1, 0.15) is 5.56 Å². The molecule has 0 unspecified atom stereocenters. The van der Waals surface area contributed by atoms with E-state index in [0.717, 1.165) is 25.3 Å². The molecule has 0 radical (unpaired) electrons. The van der Waals surface area contributed by atoms with Crippen molar-refractivity contribution >= 4 is 17.6 Å². The molecule has 5 rings (SSSR count). The normalized spacial score (nSPS) is 18.7. The Kier molecular flexibility index (Phi) is 5.33. The van der Waals surface area contributed by atoms with Gasteiger partial charge < -0.3 is 19.3 Å². The van der Waals surface area contributed by atoms with Crippen LogP contribution < -0.4 is 14.4 Å². The fourth-order valence-electron chi connectivity index (χ4n) is 4.19. The Balaban J connectivity index is 1.13. The van der Waals surface area contributed by atoms with Crippen LogP contribution in [0.2, 0.25) is 0 Å². The number of hydrogen-bond acceptors (Lipinski definition) is 6. The van der Waals surface area contributed by atoms with Gasteiger partial charge in [-0.3, -0.25) is 19.6 Å². The van der Waals surface area contributed by atoms with Gasteiger partial charge in [-0.05, 0) is 23.8 Å². The Labute approximate surface area is 180 Å². The smallest absolute Gasteiger partial charge is 0.325 e. The van der Waals surface area contributed by atoms with E-state index in [1.54, 1.807) is 16.0 Å². The van der Waals surface area contributed by atoms with Crippen LogP contribution in [0, 0.1) is 0 Å². The molecule has 2 saturated heterocycles. The number of amides is 3. The van der Waals surface area contributed by atoms with Gasteiger partial charge in [0.05, 0.1) is 0 Å². The lowest BCUT2D eigenvalue weighted by Gasteiger charge is -2.35. The summed E-state index contributed by atoms with van der Waals surface area (Å²) in [4.78, 5) is 37.3. The van der Waals surface area contributed by atoms with Gasteiger partial charge in [-0.1, -0.05) is 6.07 Å². The first-order chi connectivity index (χ1) is 15.2. The summed E-state index contributed by atoms with van der Waals surface area (Å²) in [7, 11) is 0. The number of rotatable bonds is 5. The predicted molar refractivity (Wildman–Crippen MR) is 113 cm³/mol. The van der Waals surface area contributed by atoms with Crippen LogP contribution in [0.3, 0.4) is 0 Å². The van der Waals surface area contributed by atoms with E-state index in [9.17, 15) is 9.59 Å². The van der Waals surface area contributed by atoms with Gasteiger partial charge in [0.1, 0.15) is 6.54 Å². The monoisotopic (exact) mass is 423 g/mol. The molecule has 3 aliphatic heterocycles. The molecule has 9 nitrogen and oxygen atoms in total. The van der Waals surface area contributed by atoms with Crippen molar-refractivity contribution in [2.75, 3.05) is 57.5 Å². The zero-order chi connectivity index (χ0) is 21.2. The quantitative estimate of drug-likeness (QED) is 0.724. The average molecular weight is 423 g/mol. The van der Waals surface area contributed by atoms with E-state index in [1.807, 2.05) is 35.4 Å². The number of pyridine rings is 1. The summed E-state index contributed by atoms with van der Waals surface area (Å²) in [6.07, 6.45) is 3.65. The number of piperazine rings is 1. The van der Waals surface area contributed by atoms with Gasteiger partial charge in [0.15, 0.2) is 11.5 Å². The maximum Gasteiger partial charge on any atom is 0.325 e. The average Bonchev–Trinajstić information content (AvgIpc) is 3.41. The number of fused-ring (bicyclic) bond motifs is 1. The Hall–Kier alpha value is -3.33. The van der Waals surface area contributed by atoms with E-state index in [4.69, 9.17) is 9.47 Å². The molecule has 3 aliphatic rings. The molecule has 162 valence electrons. The van der Waals surface area contributed by atoms with E-state index in [-0.39, 0.29) is 25.3 Å². The Morgan fingerprint density at radius 2 is 1.84 bits per heavy atom. The SMILES string of the molecule is O=C(CN1CCN(c2ccc3c(c2)OCO3)C1=O)N1CCN(Cc2cccnc2)CC1. The minimum absolute atomic E-state index is 0.00177. The number of hydrogen-bond donors (Lipinski definition) is 0. The number of nitrogens with zero attached hydrogens (tertiary/aromatic N) is 5. The lowest BCUT2D eigenvalue weighted by molar-refractivity contribution is -0.133. The number of carbonyl (C=O) groups is 2. The first-order valence-corrected chi connectivity index (χ1v) is 10.5. The molecule has 2 aromatic rings. The van der Waals surface area contributed by atoms with Crippen LogP contribution in [-0.4, -0.2) is 84.2 Å². The van der Waals surface area contributed by atoms with Crippen LogP contribution in [0.5, 0.6) is 11.5 Å². The number of benzene rings is 1. The van der Waals surface area contributed by atoms with E-state index in [2.05, 4.69) is 16.0 Å². The van der Waals surface area contributed by atoms with Crippen LogP contribution in [-0.2, 0) is 11.3 Å². The molecule has 0 atom stereocenters. The van der Waals surface area contributed by atoms with E-state index >= 15 is 0 Å². The van der Waals surface area contributed by atoms with Crippen molar-refractivity contribution in [3.05, 3.63) is 48.3 Å². The molecule has 1 aromatic carbocycles. The third kappa shape index (κ3) is 4.13. The van der Waals surface area contributed by atoms with Crippen molar-refractivity contribution in [3.63, 3.8) is 0 Å². The first kappa shape index (κ1) is 19.6. The number of ether oxygens (including phenoxy) is 2. The highest BCUT2D eigenvalue weighted by Crippen LogP contribution is 2.36. The summed E-state index contributed by atoms with van der Waals surface area (Å²) >= 11 is 0. The minimum Gasteiger partial charge on any atom is -0.454 e. The molecule has 0 N–H and O–H groups in total. The number of aromatic nitrogens is 1. The van der Waals surface area contributed by atoms with Gasteiger partial charge in [0.2, 0.25) is 12.7 Å². The second kappa shape index (κ2) is 8.43. The third-order valence-corrected chi connectivity index (χ3v) is 5.94. The molecule has 4 heterocycles. The second-order valence-corrected chi connectivity index (χ2v) is 7.91. The molecular formula is C22H25N5O4. The summed E-state index contributed by atoms with van der Waals surface area (Å²) in [5.74, 6) is 1.33. The fourth-order valence-corrected chi connectivity index (χ4v) is 4.19. The topological polar surface area (TPSA) is 78.5 Å². The summed E-state index contributed by atoms with van der Waals surface area (Å²) in [5, 5.41) is 0. The maximum atomic E-state index is 12.9. The minimum atomic E-state index is -0.151. The van der Waals surface area contributed by atoms with Crippen molar-refractivity contribution in [3.8, 4) is 11.5 Å². The molecule has 3 amide bonds. The summed E-state index contributed by atoms with van der Waals surface area (Å²) in [5.41, 5.74) is 1.93.